The molecule has 0 amide bonds. The molecular weight excluding hydrogens is 721 g/mol. The summed E-state index contributed by atoms with van der Waals surface area (Å²) in [7, 11) is -1.83. The minimum Gasteiger partial charge on any atom is -0.310 e. The van der Waals surface area contributed by atoms with E-state index in [-0.39, 0.29) is 0 Å². The van der Waals surface area contributed by atoms with Crippen LogP contribution in [0.25, 0.3) is 0 Å². The molecule has 0 saturated carbocycles. The number of rotatable bonds is 6. The van der Waals surface area contributed by atoms with Gasteiger partial charge < -0.3 is 9.80 Å². The van der Waals surface area contributed by atoms with Gasteiger partial charge in [0, 0.05) is 31.0 Å². The first-order valence-corrected chi connectivity index (χ1v) is 21.6. The summed E-state index contributed by atoms with van der Waals surface area (Å²) in [6, 6.07) is 89.6. The van der Waals surface area contributed by atoms with E-state index in [4.69, 9.17) is 0 Å². The smallest absolute Gasteiger partial charge is 0.0742 e. The summed E-state index contributed by atoms with van der Waals surface area (Å²) in [6.07, 6.45) is 0. The Balaban J connectivity index is 1.14. The minimum absolute atomic E-state index is 0.574. The van der Waals surface area contributed by atoms with Gasteiger partial charge in [0.05, 0.1) is 28.2 Å². The highest BCUT2D eigenvalue weighted by Crippen LogP contribution is 2.79. The molecule has 0 spiro atoms. The van der Waals surface area contributed by atoms with Gasteiger partial charge in [-0.25, -0.2) is 0 Å². The predicted octanol–water partition coefficient (Wildman–Crippen LogP) is 15.0. The third kappa shape index (κ3) is 4.93. The Labute approximate surface area is 342 Å². The Morgan fingerprint density at radius 1 is 0.276 bits per heavy atom. The Kier molecular flexibility index (Phi) is 8.16. The van der Waals surface area contributed by atoms with Crippen LogP contribution >= 0.6 is 10.0 Å². The lowest BCUT2D eigenvalue weighted by atomic mass is 9.62. The van der Waals surface area contributed by atoms with Crippen LogP contribution in [0.15, 0.2) is 262 Å². The summed E-state index contributed by atoms with van der Waals surface area (Å²) in [6.45, 7) is 0. The maximum absolute atomic E-state index is 2.49. The molecular formula is C55H40N2S. The second-order valence-corrected chi connectivity index (χ2v) is 17.9. The second-order valence-electron chi connectivity index (χ2n) is 14.9. The number of hydrogen-bond acceptors (Lipinski definition) is 2. The Morgan fingerprint density at radius 2 is 0.621 bits per heavy atom. The third-order valence-electron chi connectivity index (χ3n) is 11.9. The van der Waals surface area contributed by atoms with Crippen LogP contribution < -0.4 is 9.80 Å². The summed E-state index contributed by atoms with van der Waals surface area (Å²) in [4.78, 5) is 10.3. The van der Waals surface area contributed by atoms with Gasteiger partial charge in [0.2, 0.25) is 0 Å². The molecule has 0 atom stereocenters. The van der Waals surface area contributed by atoms with Gasteiger partial charge in [-0.2, -0.15) is 0 Å². The molecule has 0 bridgehead atoms. The van der Waals surface area contributed by atoms with Crippen molar-refractivity contribution in [2.24, 2.45) is 0 Å². The zero-order valence-electron chi connectivity index (χ0n) is 31.9. The van der Waals surface area contributed by atoms with Crippen molar-refractivity contribution in [1.82, 2.24) is 0 Å². The first-order valence-electron chi connectivity index (χ1n) is 19.9. The Hall–Kier alpha value is -7.07. The van der Waals surface area contributed by atoms with Gasteiger partial charge in [-0.15, -0.1) is 10.0 Å². The predicted molar refractivity (Wildman–Crippen MR) is 241 cm³/mol. The molecule has 0 saturated heterocycles. The Bertz CT molecular complexity index is 2760. The van der Waals surface area contributed by atoms with E-state index < -0.39 is 15.4 Å². The highest BCUT2D eigenvalue weighted by molar-refractivity contribution is 8.34. The van der Waals surface area contributed by atoms with E-state index in [0.29, 0.717) is 0 Å². The lowest BCUT2D eigenvalue weighted by molar-refractivity contribution is 0.731. The van der Waals surface area contributed by atoms with Gasteiger partial charge in [-0.05, 0) is 107 Å². The van der Waals surface area contributed by atoms with Gasteiger partial charge in [0.15, 0.2) is 0 Å². The molecule has 2 aliphatic rings. The molecule has 2 aliphatic heterocycles. The zero-order chi connectivity index (χ0) is 38.5. The number of nitrogens with zero attached hydrogens (tertiary/aromatic N) is 2. The molecule has 276 valence electrons. The molecule has 58 heavy (non-hydrogen) atoms. The van der Waals surface area contributed by atoms with Gasteiger partial charge in [0.25, 0.3) is 0 Å². The van der Waals surface area contributed by atoms with Crippen LogP contribution in [-0.4, -0.2) is 0 Å². The Morgan fingerprint density at radius 3 is 1.12 bits per heavy atom. The molecule has 2 nitrogen and oxygen atoms in total. The minimum atomic E-state index is -1.83. The normalized spacial score (nSPS) is 15.0. The molecule has 9 aromatic rings. The number of hydrogen-bond donors (Lipinski definition) is 0. The molecule has 3 heteroatoms. The summed E-state index contributed by atoms with van der Waals surface area (Å²) in [5.74, 6) is 0. The standard InChI is InChI=1S/C55H40N2S/c1-5-21-41(22-6-1)55(47-29-13-15-31-49(47)56(43-23-7-2-8-24-43)50-32-16-14-30-48(50)55)42-37-39-44(40-38-42)57-51-33-17-19-35-53(51)58(45-25-9-3-10-26-45,46-27-11-4-12-28-46)54-36-20-18-34-52(54)57/h1-40H. The van der Waals surface area contributed by atoms with Crippen molar-refractivity contribution in [3.05, 3.63) is 265 Å². The van der Waals surface area contributed by atoms with Crippen molar-refractivity contribution in [3.63, 3.8) is 0 Å². The van der Waals surface area contributed by atoms with Crippen molar-refractivity contribution >= 4 is 44.2 Å². The average molecular weight is 761 g/mol. The molecule has 0 aliphatic carbocycles. The van der Waals surface area contributed by atoms with Crippen LogP contribution in [-0.2, 0) is 5.41 Å². The van der Waals surface area contributed by atoms with E-state index in [1.54, 1.807) is 0 Å². The fourth-order valence-electron chi connectivity index (χ4n) is 9.66. The van der Waals surface area contributed by atoms with Crippen LogP contribution in [0, 0.1) is 0 Å². The highest BCUT2D eigenvalue weighted by Gasteiger charge is 2.47. The molecule has 9 aromatic carbocycles. The summed E-state index contributed by atoms with van der Waals surface area (Å²) < 4.78 is 0. The van der Waals surface area contributed by atoms with Crippen molar-refractivity contribution in [3.8, 4) is 0 Å². The molecule has 2 heterocycles. The first-order chi connectivity index (χ1) is 28.8. The number of fused-ring (bicyclic) bond motifs is 4. The SMILES string of the molecule is c1ccc(N2c3ccccc3C(c3ccccc3)(c3ccc(N4c5ccccc5S(c5ccccc5)(c5ccccc5)c5ccccc54)cc3)c3ccccc32)cc1. The summed E-state index contributed by atoms with van der Waals surface area (Å²) in [5.41, 5.74) is 11.5. The monoisotopic (exact) mass is 760 g/mol. The maximum atomic E-state index is 2.49. The van der Waals surface area contributed by atoms with Crippen molar-refractivity contribution in [2.75, 3.05) is 9.80 Å². The first kappa shape index (κ1) is 34.2. The van der Waals surface area contributed by atoms with Crippen LogP contribution in [0.3, 0.4) is 0 Å². The van der Waals surface area contributed by atoms with Crippen LogP contribution in [0.2, 0.25) is 0 Å². The quantitative estimate of drug-likeness (QED) is 0.167. The van der Waals surface area contributed by atoms with Crippen LogP contribution in [0.5, 0.6) is 0 Å². The van der Waals surface area contributed by atoms with Crippen LogP contribution in [0.1, 0.15) is 22.3 Å². The van der Waals surface area contributed by atoms with Gasteiger partial charge >= 0.3 is 0 Å². The maximum Gasteiger partial charge on any atom is 0.0742 e. The average Bonchev–Trinajstić information content (AvgIpc) is 3.31. The summed E-state index contributed by atoms with van der Waals surface area (Å²) >= 11 is 0. The van der Waals surface area contributed by atoms with Crippen molar-refractivity contribution < 1.29 is 0 Å². The number of benzene rings is 9. The molecule has 0 aromatic heterocycles. The van der Waals surface area contributed by atoms with Gasteiger partial charge in [-0.3, -0.25) is 0 Å². The number of para-hydroxylation sites is 5. The lowest BCUT2D eigenvalue weighted by Gasteiger charge is -2.50. The second kappa shape index (κ2) is 13.8. The molecule has 0 radical (unpaired) electrons. The number of anilines is 6. The molecule has 11 rings (SSSR count). The van der Waals surface area contributed by atoms with E-state index in [1.165, 1.54) is 64.6 Å². The zero-order valence-corrected chi connectivity index (χ0v) is 32.7. The lowest BCUT2D eigenvalue weighted by Crippen LogP contribution is -2.37. The van der Waals surface area contributed by atoms with Gasteiger partial charge in [-0.1, -0.05) is 158 Å². The third-order valence-corrected chi connectivity index (χ3v) is 15.9. The largest absolute Gasteiger partial charge is 0.310 e. The molecule has 0 N–H and O–H groups in total. The van der Waals surface area contributed by atoms with E-state index in [1.807, 2.05) is 0 Å². The van der Waals surface area contributed by atoms with E-state index in [9.17, 15) is 0 Å². The van der Waals surface area contributed by atoms with E-state index in [2.05, 4.69) is 252 Å². The molecule has 0 unspecified atom stereocenters. The molecule has 0 fully saturated rings. The van der Waals surface area contributed by atoms with Gasteiger partial charge in [0.1, 0.15) is 0 Å². The fourth-order valence-corrected chi connectivity index (χ4v) is 13.8. The topological polar surface area (TPSA) is 6.48 Å². The fraction of sp³-hybridized carbons (Fsp3) is 0.0182. The van der Waals surface area contributed by atoms with Crippen molar-refractivity contribution in [1.29, 1.82) is 0 Å². The van der Waals surface area contributed by atoms with Crippen molar-refractivity contribution in [2.45, 2.75) is 25.0 Å². The summed E-state index contributed by atoms with van der Waals surface area (Å²) in [5, 5.41) is 0. The highest BCUT2D eigenvalue weighted by atomic mass is 32.3. The van der Waals surface area contributed by atoms with E-state index in [0.717, 1.165) is 11.4 Å². The van der Waals surface area contributed by atoms with Crippen LogP contribution in [0.4, 0.5) is 34.1 Å². The van der Waals surface area contributed by atoms with E-state index >= 15 is 0 Å².